The minimum absolute atomic E-state index is 0. The van der Waals surface area contributed by atoms with E-state index in [4.69, 9.17) is 0 Å². The summed E-state index contributed by atoms with van der Waals surface area (Å²) in [6.07, 6.45) is 4.08. The monoisotopic (exact) mass is 373 g/mol. The molecule has 0 aliphatic heterocycles. The van der Waals surface area contributed by atoms with Gasteiger partial charge in [-0.15, -0.1) is 46.7 Å². The van der Waals surface area contributed by atoms with Gasteiger partial charge >= 0.3 is 51.4 Å². The third kappa shape index (κ3) is 14.7. The van der Waals surface area contributed by atoms with Gasteiger partial charge in [0.15, 0.2) is 0 Å². The topological polar surface area (TPSA) is 0 Å². The second-order valence-corrected chi connectivity index (χ2v) is 4.56. The maximum absolute atomic E-state index is 3.25. The van der Waals surface area contributed by atoms with E-state index in [1.54, 1.807) is 6.92 Å². The number of hydrogen-bond acceptors (Lipinski definition) is 0. The average molecular weight is 374 g/mol. The quantitative estimate of drug-likeness (QED) is 0.560. The molecular formula is C19H28K3. The van der Waals surface area contributed by atoms with Crippen molar-refractivity contribution in [2.24, 2.45) is 0 Å². The van der Waals surface area contributed by atoms with Crippen LogP contribution in [0.1, 0.15) is 51.2 Å². The Kier molecular flexibility index (Phi) is 34.2. The van der Waals surface area contributed by atoms with E-state index >= 15 is 0 Å². The maximum atomic E-state index is 3.25. The number of benzene rings is 2. The normalized spacial score (nSPS) is 7.91. The fraction of sp³-hybridized carbons (Fsp3) is 0.421. The third-order valence-corrected chi connectivity index (χ3v) is 2.88. The Bertz CT molecular complexity index is 465. The molecule has 2 aromatic carbocycles. The Labute approximate surface area is 266 Å². The second kappa shape index (κ2) is 22.6. The van der Waals surface area contributed by atoms with Gasteiger partial charge in [0.1, 0.15) is 0 Å². The summed E-state index contributed by atoms with van der Waals surface area (Å²) in [5.41, 5.74) is 2.64. The molecule has 0 bridgehead atoms. The van der Waals surface area contributed by atoms with Gasteiger partial charge in [-0.3, -0.25) is 0 Å². The first kappa shape index (κ1) is 33.2. The van der Waals surface area contributed by atoms with Crippen LogP contribution in [0.3, 0.4) is 0 Å². The van der Waals surface area contributed by atoms with Crippen LogP contribution in [0.15, 0.2) is 30.3 Å². The molecule has 0 heterocycles. The van der Waals surface area contributed by atoms with E-state index in [-0.39, 0.29) is 154 Å². The molecule has 0 saturated carbocycles. The minimum Gasteiger partial charge on any atom is -0.147 e. The molecule has 0 fully saturated rings. The summed E-state index contributed by atoms with van der Waals surface area (Å²) in [5.74, 6) is 0. The molecule has 0 saturated heterocycles. The van der Waals surface area contributed by atoms with Crippen molar-refractivity contribution >= 4 is 114 Å². The van der Waals surface area contributed by atoms with Crippen LogP contribution in [0.2, 0.25) is 0 Å². The van der Waals surface area contributed by atoms with Crippen LogP contribution < -0.4 is 51.4 Å². The Hall–Kier alpha value is 3.61. The summed E-state index contributed by atoms with van der Waals surface area (Å²) in [7, 11) is 0. The van der Waals surface area contributed by atoms with Crippen LogP contribution in [0, 0.1) is 26.8 Å². The predicted octanol–water partition coefficient (Wildman–Crippen LogP) is 2.54. The van der Waals surface area contributed by atoms with E-state index in [0.717, 1.165) is 0 Å². The van der Waals surface area contributed by atoms with Gasteiger partial charge < -0.3 is 0 Å². The maximum Gasteiger partial charge on any atom is 1.00 e. The number of fused-ring (bicyclic) bond motifs is 1. The van der Waals surface area contributed by atoms with Gasteiger partial charge in [-0.05, 0) is 6.92 Å². The summed E-state index contributed by atoms with van der Waals surface area (Å²) >= 11 is 0. The summed E-state index contributed by atoms with van der Waals surface area (Å²) in [5, 5.41) is 2.53. The molecule has 2 rings (SSSR count). The van der Waals surface area contributed by atoms with E-state index in [1.165, 1.54) is 41.2 Å². The first-order valence-corrected chi connectivity index (χ1v) is 7.27. The molecule has 0 aromatic heterocycles. The molecule has 0 unspecified atom stereocenters. The number of hydrogen-bond donors (Lipinski definition) is 0. The van der Waals surface area contributed by atoms with E-state index in [0.29, 0.717) is 0 Å². The molecule has 2 aromatic rings. The van der Waals surface area contributed by atoms with Crippen molar-refractivity contribution in [2.45, 2.75) is 53.9 Å². The van der Waals surface area contributed by atoms with Crippen molar-refractivity contribution in [3.63, 3.8) is 0 Å². The zero-order chi connectivity index (χ0) is 14.7. The molecule has 3 heteroatoms. The van der Waals surface area contributed by atoms with Crippen LogP contribution in [0.5, 0.6) is 0 Å². The van der Waals surface area contributed by atoms with E-state index in [2.05, 4.69) is 65.0 Å². The zero-order valence-corrected chi connectivity index (χ0v) is 25.6. The molecular weight excluding hydrogens is 346 g/mol. The van der Waals surface area contributed by atoms with Gasteiger partial charge in [-0.2, -0.15) is 0 Å². The Morgan fingerprint density at radius 1 is 0.955 bits per heavy atom. The van der Waals surface area contributed by atoms with Gasteiger partial charge in [0.25, 0.3) is 0 Å². The molecule has 107 valence electrons. The largest absolute Gasteiger partial charge is 1.00 e. The van der Waals surface area contributed by atoms with Gasteiger partial charge in [0.05, 0.1) is 0 Å². The third-order valence-electron chi connectivity index (χ3n) is 2.88. The van der Waals surface area contributed by atoms with Gasteiger partial charge in [0.2, 0.25) is 0 Å². The molecule has 0 N–H and O–H groups in total. The van der Waals surface area contributed by atoms with E-state index in [1.807, 2.05) is 6.07 Å². The van der Waals surface area contributed by atoms with Crippen molar-refractivity contribution in [1.29, 1.82) is 0 Å². The molecule has 0 spiro atoms. The molecule has 0 amide bonds. The molecule has 3 radical (unpaired) electrons. The van der Waals surface area contributed by atoms with Crippen molar-refractivity contribution in [2.75, 3.05) is 0 Å². The van der Waals surface area contributed by atoms with Crippen LogP contribution >= 0.6 is 0 Å². The molecule has 0 aliphatic rings. The van der Waals surface area contributed by atoms with E-state index < -0.39 is 0 Å². The van der Waals surface area contributed by atoms with Crippen molar-refractivity contribution in [3.8, 4) is 0 Å². The predicted molar refractivity (Wildman–Crippen MR) is 100.0 cm³/mol. The van der Waals surface area contributed by atoms with Crippen molar-refractivity contribution in [1.82, 2.24) is 0 Å². The standard InChI is InChI=1S/C12H11.C5H12.C2H5.3K/c1-9-6-7-11-5-3-4-10(2)12(11)8-9;1-3-5-4-2;1-2;;;/h3-4,6-8H,1-2H3;3-5H2,1-2H3;1H2,2H3;;;/q-1;;;;;+1. The first-order valence-electron chi connectivity index (χ1n) is 7.27. The number of unbranched alkanes of at least 4 members (excludes halogenated alkanes) is 2. The zero-order valence-electron chi connectivity index (χ0n) is 16.2. The Morgan fingerprint density at radius 3 is 1.95 bits per heavy atom. The first-order chi connectivity index (χ1) is 9.19. The van der Waals surface area contributed by atoms with Gasteiger partial charge in [0, 0.05) is 103 Å². The molecule has 22 heavy (non-hydrogen) atoms. The summed E-state index contributed by atoms with van der Waals surface area (Å²) in [6, 6.07) is 13.8. The van der Waals surface area contributed by atoms with Crippen molar-refractivity contribution in [3.05, 3.63) is 54.4 Å². The van der Waals surface area contributed by atoms with Crippen LogP contribution in [-0.2, 0) is 0 Å². The second-order valence-electron chi connectivity index (χ2n) is 4.56. The van der Waals surface area contributed by atoms with Gasteiger partial charge in [-0.25, -0.2) is 0 Å². The summed E-state index contributed by atoms with van der Waals surface area (Å²) in [6.45, 7) is 13.7. The van der Waals surface area contributed by atoms with Gasteiger partial charge in [-0.1, -0.05) is 65.5 Å². The number of rotatable bonds is 2. The average Bonchev–Trinajstić information content (AvgIpc) is 2.44. The molecule has 0 atom stereocenters. The SMILES string of the molecule is CCCCC.Cc1ccc2[c-]ccc(C)c2c1.[CH2]C.[K+].[K].[K]. The van der Waals surface area contributed by atoms with Crippen LogP contribution in [-0.4, -0.2) is 103 Å². The fourth-order valence-corrected chi connectivity index (χ4v) is 1.81. The summed E-state index contributed by atoms with van der Waals surface area (Å²) in [4.78, 5) is 0. The van der Waals surface area contributed by atoms with Crippen LogP contribution in [0.25, 0.3) is 10.8 Å². The number of aryl methyl sites for hydroxylation is 2. The Balaban J connectivity index is -0.000000143. The van der Waals surface area contributed by atoms with Crippen molar-refractivity contribution < 1.29 is 51.4 Å². The smallest absolute Gasteiger partial charge is 0.147 e. The molecule has 0 aliphatic carbocycles. The van der Waals surface area contributed by atoms with Crippen LogP contribution in [0.4, 0.5) is 0 Å². The molecule has 0 nitrogen and oxygen atoms in total. The van der Waals surface area contributed by atoms with E-state index in [9.17, 15) is 0 Å². The minimum atomic E-state index is 0. The Morgan fingerprint density at radius 2 is 1.50 bits per heavy atom. The summed E-state index contributed by atoms with van der Waals surface area (Å²) < 4.78 is 0. The fourth-order valence-electron chi connectivity index (χ4n) is 1.81.